The summed E-state index contributed by atoms with van der Waals surface area (Å²) in [5, 5.41) is 2.74. The third-order valence-electron chi connectivity index (χ3n) is 5.32. The Morgan fingerprint density at radius 1 is 1.07 bits per heavy atom. The van der Waals surface area contributed by atoms with Crippen LogP contribution in [0.1, 0.15) is 36.0 Å². The average molecular weight is 439 g/mol. The molecule has 3 nitrogen and oxygen atoms in total. The first kappa shape index (κ1) is 24.0. The lowest BCUT2D eigenvalue weighted by Gasteiger charge is -2.37. The second-order valence-corrected chi connectivity index (χ2v) is 7.93. The van der Waals surface area contributed by atoms with Gasteiger partial charge in [-0.2, -0.15) is 13.2 Å². The molecule has 0 aliphatic carbocycles. The molecule has 2 aromatic rings. The second-order valence-electron chi connectivity index (χ2n) is 7.93. The van der Waals surface area contributed by atoms with Crippen LogP contribution in [-0.4, -0.2) is 30.5 Å². The number of quaternary nitrogens is 1. The molecule has 1 aliphatic rings. The smallest absolute Gasteiger partial charge is 0.416 e. The van der Waals surface area contributed by atoms with Crippen molar-refractivity contribution in [3.63, 3.8) is 0 Å². The van der Waals surface area contributed by atoms with Crippen LogP contribution in [0.4, 0.5) is 18.9 Å². The van der Waals surface area contributed by atoms with Crippen molar-refractivity contribution in [1.82, 2.24) is 0 Å². The summed E-state index contributed by atoms with van der Waals surface area (Å²) in [5.74, 6) is -0.384. The first-order valence-electron chi connectivity index (χ1n) is 9.82. The van der Waals surface area contributed by atoms with Crippen LogP contribution in [0.3, 0.4) is 0 Å². The number of likely N-dealkylation sites (tertiary alicyclic amines) is 1. The van der Waals surface area contributed by atoms with Gasteiger partial charge in [0, 0.05) is 17.3 Å². The third-order valence-corrected chi connectivity index (χ3v) is 5.32. The van der Waals surface area contributed by atoms with E-state index < -0.39 is 11.7 Å². The molecule has 2 aromatic carbocycles. The van der Waals surface area contributed by atoms with E-state index in [0.29, 0.717) is 11.3 Å². The molecule has 1 amide bonds. The van der Waals surface area contributed by atoms with Gasteiger partial charge in [-0.1, -0.05) is 24.3 Å². The van der Waals surface area contributed by atoms with Crippen LogP contribution in [0, 0.1) is 0 Å². The minimum Gasteiger partial charge on any atom is -1.00 e. The van der Waals surface area contributed by atoms with E-state index in [1.165, 1.54) is 62.2 Å². The molecule has 0 spiro atoms. The van der Waals surface area contributed by atoms with Gasteiger partial charge in [0.15, 0.2) is 0 Å². The lowest BCUT2D eigenvalue weighted by molar-refractivity contribution is -0.926. The highest BCUT2D eigenvalue weighted by atomic mass is 35.5. The first-order valence-corrected chi connectivity index (χ1v) is 9.82. The maximum absolute atomic E-state index is 12.8. The molecule has 0 saturated carbocycles. The summed E-state index contributed by atoms with van der Waals surface area (Å²) in [6.07, 6.45) is 2.06. The van der Waals surface area contributed by atoms with Crippen molar-refractivity contribution in [2.75, 3.05) is 25.5 Å². The molecule has 0 unspecified atom stereocenters. The first-order chi connectivity index (χ1) is 13.7. The topological polar surface area (TPSA) is 29.1 Å². The van der Waals surface area contributed by atoms with Crippen molar-refractivity contribution in [3.8, 4) is 0 Å². The average Bonchev–Trinajstić information content (AvgIpc) is 2.68. The van der Waals surface area contributed by atoms with E-state index in [0.717, 1.165) is 23.2 Å². The van der Waals surface area contributed by atoms with Crippen LogP contribution in [0.2, 0.25) is 0 Å². The number of nitrogens with one attached hydrogen (secondary N) is 1. The number of piperidine rings is 1. The van der Waals surface area contributed by atoms with E-state index in [9.17, 15) is 18.0 Å². The van der Waals surface area contributed by atoms with E-state index in [1.807, 2.05) is 24.3 Å². The van der Waals surface area contributed by atoms with E-state index in [2.05, 4.69) is 12.4 Å². The van der Waals surface area contributed by atoms with Gasteiger partial charge in [-0.3, -0.25) is 4.79 Å². The van der Waals surface area contributed by atoms with Gasteiger partial charge < -0.3 is 22.2 Å². The number of anilines is 1. The van der Waals surface area contributed by atoms with Gasteiger partial charge in [0.25, 0.3) is 0 Å². The fourth-order valence-corrected chi connectivity index (χ4v) is 3.74. The Morgan fingerprint density at radius 2 is 1.73 bits per heavy atom. The Kier molecular flexibility index (Phi) is 8.10. The van der Waals surface area contributed by atoms with Gasteiger partial charge in [0.2, 0.25) is 5.91 Å². The predicted molar refractivity (Wildman–Crippen MR) is 109 cm³/mol. The highest BCUT2D eigenvalue weighted by molar-refractivity contribution is 6.01. The maximum Gasteiger partial charge on any atom is 0.416 e. The molecule has 7 heteroatoms. The standard InChI is InChI=1S/C23H25F3N2O.ClH/c1-28(14-3-2-4-15-28)17-19-8-11-21(12-9-19)27-22(29)13-10-18-6-5-7-20(16-18)23(24,25)26;/h5-13,16H,2-4,14-15,17H2,1H3;1H. The summed E-state index contributed by atoms with van der Waals surface area (Å²) < 4.78 is 39.3. The van der Waals surface area contributed by atoms with Crippen LogP contribution in [0.5, 0.6) is 0 Å². The number of benzene rings is 2. The second kappa shape index (κ2) is 10.1. The molecule has 0 aromatic heterocycles. The molecule has 1 saturated heterocycles. The maximum atomic E-state index is 12.8. The summed E-state index contributed by atoms with van der Waals surface area (Å²) in [6, 6.07) is 12.6. The monoisotopic (exact) mass is 438 g/mol. The number of hydrogen-bond acceptors (Lipinski definition) is 1. The van der Waals surface area contributed by atoms with Crippen molar-refractivity contribution in [1.29, 1.82) is 0 Å². The summed E-state index contributed by atoms with van der Waals surface area (Å²) >= 11 is 0. The zero-order chi connectivity index (χ0) is 20.9. The van der Waals surface area contributed by atoms with Crippen LogP contribution in [-0.2, 0) is 17.5 Å². The minimum atomic E-state index is -4.40. The van der Waals surface area contributed by atoms with Crippen LogP contribution in [0.15, 0.2) is 54.6 Å². The quantitative estimate of drug-likeness (QED) is 0.564. The largest absolute Gasteiger partial charge is 1.00 e. The van der Waals surface area contributed by atoms with Crippen molar-refractivity contribution in [2.24, 2.45) is 0 Å². The predicted octanol–water partition coefficient (Wildman–Crippen LogP) is 2.49. The van der Waals surface area contributed by atoms with Crippen LogP contribution in [0.25, 0.3) is 6.08 Å². The molecule has 30 heavy (non-hydrogen) atoms. The number of carbonyl (C=O) groups excluding carboxylic acids is 1. The van der Waals surface area contributed by atoms with E-state index in [4.69, 9.17) is 0 Å². The van der Waals surface area contributed by atoms with Gasteiger partial charge in [-0.25, -0.2) is 0 Å². The van der Waals surface area contributed by atoms with Crippen LogP contribution < -0.4 is 17.7 Å². The molecule has 1 aliphatic heterocycles. The van der Waals surface area contributed by atoms with E-state index >= 15 is 0 Å². The van der Waals surface area contributed by atoms with Crippen molar-refractivity contribution in [2.45, 2.75) is 32.0 Å². The van der Waals surface area contributed by atoms with Crippen molar-refractivity contribution < 1.29 is 34.9 Å². The van der Waals surface area contributed by atoms with Gasteiger partial charge in [0.1, 0.15) is 6.54 Å². The molecule has 1 heterocycles. The normalized spacial score (nSPS) is 16.1. The van der Waals surface area contributed by atoms with Crippen molar-refractivity contribution in [3.05, 3.63) is 71.3 Å². The summed E-state index contributed by atoms with van der Waals surface area (Å²) in [7, 11) is 2.29. The third kappa shape index (κ3) is 6.89. The number of carbonyl (C=O) groups is 1. The van der Waals surface area contributed by atoms with Gasteiger partial charge in [0.05, 0.1) is 25.7 Å². The lowest BCUT2D eigenvalue weighted by atomic mass is 10.1. The van der Waals surface area contributed by atoms with Gasteiger partial charge >= 0.3 is 6.18 Å². The minimum absolute atomic E-state index is 0. The van der Waals surface area contributed by atoms with Gasteiger partial charge in [-0.05, 0) is 55.2 Å². The Morgan fingerprint density at radius 3 is 2.37 bits per heavy atom. The summed E-state index contributed by atoms with van der Waals surface area (Å²) in [4.78, 5) is 12.1. The fourth-order valence-electron chi connectivity index (χ4n) is 3.74. The van der Waals surface area contributed by atoms with Crippen LogP contribution >= 0.6 is 0 Å². The number of amides is 1. The van der Waals surface area contributed by atoms with Gasteiger partial charge in [-0.15, -0.1) is 0 Å². The highest BCUT2D eigenvalue weighted by Crippen LogP contribution is 2.29. The zero-order valence-corrected chi connectivity index (χ0v) is 17.6. The molecular weight excluding hydrogens is 413 g/mol. The fraction of sp³-hybridized carbons (Fsp3) is 0.348. The number of halogens is 4. The Hall–Kier alpha value is -2.31. The number of alkyl halides is 3. The Labute approximate surface area is 181 Å². The SMILES string of the molecule is C[N+]1(Cc2ccc(NC(=O)C=Cc3cccc(C(F)(F)F)c3)cc2)CCCCC1.[Cl-]. The molecular formula is C23H26ClF3N2O. The molecule has 0 bridgehead atoms. The number of rotatable bonds is 5. The van der Waals surface area contributed by atoms with E-state index in [-0.39, 0.29) is 18.3 Å². The zero-order valence-electron chi connectivity index (χ0n) is 16.9. The highest BCUT2D eigenvalue weighted by Gasteiger charge is 2.30. The molecule has 1 fully saturated rings. The molecule has 0 atom stereocenters. The number of nitrogens with zero attached hydrogens (tertiary/aromatic N) is 1. The number of hydrogen-bond donors (Lipinski definition) is 1. The summed E-state index contributed by atoms with van der Waals surface area (Å²) in [5.41, 5.74) is 1.48. The Balaban J connectivity index is 0.00000320. The van der Waals surface area contributed by atoms with Crippen molar-refractivity contribution >= 4 is 17.7 Å². The molecule has 3 rings (SSSR count). The lowest BCUT2D eigenvalue weighted by Crippen LogP contribution is -3.00. The summed E-state index contributed by atoms with van der Waals surface area (Å²) in [6.45, 7) is 3.36. The Bertz CT molecular complexity index is 873. The molecule has 162 valence electrons. The van der Waals surface area contributed by atoms with E-state index in [1.54, 1.807) is 0 Å². The molecule has 0 radical (unpaired) electrons. The molecule has 1 N–H and O–H groups in total.